The van der Waals surface area contributed by atoms with E-state index in [1.807, 2.05) is 61.5 Å². The van der Waals surface area contributed by atoms with E-state index < -0.39 is 5.25 Å². The third-order valence-corrected chi connectivity index (χ3v) is 6.54. The predicted octanol–water partition coefficient (Wildman–Crippen LogP) is 6.12. The highest BCUT2D eigenvalue weighted by molar-refractivity contribution is 8.00. The molecule has 1 amide bonds. The zero-order chi connectivity index (χ0) is 24.8. The van der Waals surface area contributed by atoms with Gasteiger partial charge in [0.1, 0.15) is 16.8 Å². The van der Waals surface area contributed by atoms with Crippen LogP contribution in [-0.4, -0.2) is 28.2 Å². The SMILES string of the molecule is COc1ccc(-c2cc(-c3ccc(C)cc3)c(C#N)c(SC(C)C(=O)Nc3ccncc3)n2)cc1. The van der Waals surface area contributed by atoms with Gasteiger partial charge in [0.15, 0.2) is 0 Å². The first-order valence-corrected chi connectivity index (χ1v) is 11.9. The van der Waals surface area contributed by atoms with Crippen LogP contribution in [0.2, 0.25) is 0 Å². The molecule has 1 N–H and O–H groups in total. The lowest BCUT2D eigenvalue weighted by Gasteiger charge is -2.16. The number of pyridine rings is 2. The number of hydrogen-bond acceptors (Lipinski definition) is 6. The fourth-order valence-electron chi connectivity index (χ4n) is 3.49. The Balaban J connectivity index is 1.75. The molecule has 7 heteroatoms. The Labute approximate surface area is 209 Å². The number of nitriles is 1. The number of thioether (sulfide) groups is 1. The van der Waals surface area contributed by atoms with Crippen LogP contribution in [0.3, 0.4) is 0 Å². The number of methoxy groups -OCH3 is 1. The number of nitrogens with one attached hydrogen (secondary N) is 1. The minimum atomic E-state index is -0.486. The van der Waals surface area contributed by atoms with Gasteiger partial charge in [0.05, 0.1) is 23.6 Å². The predicted molar refractivity (Wildman–Crippen MR) is 139 cm³/mol. The van der Waals surface area contributed by atoms with Crippen molar-refractivity contribution in [2.45, 2.75) is 24.1 Å². The molecule has 0 saturated carbocycles. The maximum absolute atomic E-state index is 12.9. The molecule has 0 aliphatic carbocycles. The highest BCUT2D eigenvalue weighted by Gasteiger charge is 2.21. The molecule has 1 unspecified atom stereocenters. The monoisotopic (exact) mass is 480 g/mol. The van der Waals surface area contributed by atoms with E-state index in [2.05, 4.69) is 16.4 Å². The van der Waals surface area contributed by atoms with Crippen molar-refractivity contribution < 1.29 is 9.53 Å². The van der Waals surface area contributed by atoms with Gasteiger partial charge in [-0.2, -0.15) is 5.26 Å². The largest absolute Gasteiger partial charge is 0.497 e. The van der Waals surface area contributed by atoms with E-state index in [4.69, 9.17) is 9.72 Å². The Bertz CT molecular complexity index is 1370. The van der Waals surface area contributed by atoms with E-state index in [1.54, 1.807) is 38.6 Å². The number of carbonyl (C=O) groups is 1. The first kappa shape index (κ1) is 24.0. The number of hydrogen-bond donors (Lipinski definition) is 1. The van der Waals surface area contributed by atoms with Gasteiger partial charge in [-0.05, 0) is 61.9 Å². The fraction of sp³-hybridized carbons (Fsp3) is 0.143. The average Bonchev–Trinajstić information content (AvgIpc) is 2.89. The second-order valence-electron chi connectivity index (χ2n) is 7.93. The summed E-state index contributed by atoms with van der Waals surface area (Å²) in [5.41, 5.74) is 5.54. The lowest BCUT2D eigenvalue weighted by Crippen LogP contribution is -2.22. The van der Waals surface area contributed by atoms with Crippen LogP contribution in [0.15, 0.2) is 84.1 Å². The summed E-state index contributed by atoms with van der Waals surface area (Å²) < 4.78 is 5.28. The van der Waals surface area contributed by atoms with Crippen molar-refractivity contribution in [2.75, 3.05) is 12.4 Å². The molecule has 174 valence electrons. The minimum absolute atomic E-state index is 0.182. The Kier molecular flexibility index (Phi) is 7.44. The Morgan fingerprint density at radius 3 is 2.31 bits per heavy atom. The van der Waals surface area contributed by atoms with E-state index in [9.17, 15) is 10.1 Å². The molecule has 0 fully saturated rings. The summed E-state index contributed by atoms with van der Waals surface area (Å²) in [5, 5.41) is 13.0. The highest BCUT2D eigenvalue weighted by Crippen LogP contribution is 2.36. The van der Waals surface area contributed by atoms with Crippen molar-refractivity contribution in [3.63, 3.8) is 0 Å². The number of rotatable bonds is 7. The third-order valence-electron chi connectivity index (χ3n) is 5.45. The summed E-state index contributed by atoms with van der Waals surface area (Å²) in [6.45, 7) is 3.82. The molecule has 0 aliphatic rings. The minimum Gasteiger partial charge on any atom is -0.497 e. The Morgan fingerprint density at radius 1 is 1.03 bits per heavy atom. The summed E-state index contributed by atoms with van der Waals surface area (Å²) >= 11 is 1.26. The maximum atomic E-state index is 12.9. The van der Waals surface area contributed by atoms with E-state index in [-0.39, 0.29) is 5.91 Å². The average molecular weight is 481 g/mol. The van der Waals surface area contributed by atoms with Crippen LogP contribution in [0.25, 0.3) is 22.4 Å². The number of amides is 1. The normalized spacial score (nSPS) is 11.4. The molecule has 2 aromatic carbocycles. The molecule has 4 aromatic rings. The van der Waals surface area contributed by atoms with E-state index in [0.29, 0.717) is 22.0 Å². The molecule has 0 aliphatic heterocycles. The van der Waals surface area contributed by atoms with Crippen LogP contribution >= 0.6 is 11.8 Å². The van der Waals surface area contributed by atoms with Gasteiger partial charge < -0.3 is 10.1 Å². The van der Waals surface area contributed by atoms with Gasteiger partial charge in [0, 0.05) is 29.2 Å². The van der Waals surface area contributed by atoms with Crippen LogP contribution in [0.4, 0.5) is 5.69 Å². The van der Waals surface area contributed by atoms with Crippen molar-refractivity contribution in [3.05, 3.63) is 90.3 Å². The molecule has 0 radical (unpaired) electrons. The summed E-state index contributed by atoms with van der Waals surface area (Å²) in [6, 6.07) is 23.3. The Morgan fingerprint density at radius 2 is 1.69 bits per heavy atom. The van der Waals surface area contributed by atoms with Crippen molar-refractivity contribution >= 4 is 23.4 Å². The van der Waals surface area contributed by atoms with Crippen molar-refractivity contribution in [1.82, 2.24) is 9.97 Å². The fourth-order valence-corrected chi connectivity index (χ4v) is 4.41. The zero-order valence-electron chi connectivity index (χ0n) is 19.6. The van der Waals surface area contributed by atoms with Crippen molar-refractivity contribution in [3.8, 4) is 34.2 Å². The molecule has 2 heterocycles. The van der Waals surface area contributed by atoms with Crippen molar-refractivity contribution in [1.29, 1.82) is 5.26 Å². The molecule has 35 heavy (non-hydrogen) atoms. The Hall–Kier alpha value is -4.15. The van der Waals surface area contributed by atoms with Gasteiger partial charge in [0.25, 0.3) is 0 Å². The number of aromatic nitrogens is 2. The van der Waals surface area contributed by atoms with Gasteiger partial charge in [0.2, 0.25) is 5.91 Å². The topological polar surface area (TPSA) is 87.9 Å². The molecule has 4 rings (SSSR count). The van der Waals surface area contributed by atoms with Crippen LogP contribution in [0.5, 0.6) is 5.75 Å². The summed E-state index contributed by atoms with van der Waals surface area (Å²) in [7, 11) is 1.62. The number of ether oxygens (including phenoxy) is 1. The number of carbonyl (C=O) groups excluding carboxylic acids is 1. The summed E-state index contributed by atoms with van der Waals surface area (Å²) in [6.07, 6.45) is 3.24. The number of anilines is 1. The molecule has 1 atom stereocenters. The quantitative estimate of drug-likeness (QED) is 0.321. The second-order valence-corrected chi connectivity index (χ2v) is 9.26. The lowest BCUT2D eigenvalue weighted by molar-refractivity contribution is -0.115. The highest BCUT2D eigenvalue weighted by atomic mass is 32.2. The van der Waals surface area contributed by atoms with E-state index in [0.717, 1.165) is 28.0 Å². The van der Waals surface area contributed by atoms with E-state index >= 15 is 0 Å². The van der Waals surface area contributed by atoms with Crippen LogP contribution in [0.1, 0.15) is 18.1 Å². The maximum Gasteiger partial charge on any atom is 0.237 e. The molecule has 6 nitrogen and oxygen atoms in total. The van der Waals surface area contributed by atoms with Gasteiger partial charge in [-0.25, -0.2) is 4.98 Å². The molecular weight excluding hydrogens is 456 g/mol. The smallest absolute Gasteiger partial charge is 0.237 e. The summed E-state index contributed by atoms with van der Waals surface area (Å²) in [5.74, 6) is 0.566. The molecule has 2 aromatic heterocycles. The zero-order valence-corrected chi connectivity index (χ0v) is 20.5. The van der Waals surface area contributed by atoms with Crippen molar-refractivity contribution in [2.24, 2.45) is 0 Å². The lowest BCUT2D eigenvalue weighted by atomic mass is 9.98. The van der Waals surface area contributed by atoms with Crippen LogP contribution < -0.4 is 10.1 Å². The second kappa shape index (κ2) is 10.9. The molecule has 0 saturated heterocycles. The summed E-state index contributed by atoms with van der Waals surface area (Å²) in [4.78, 5) is 21.6. The molecule has 0 spiro atoms. The first-order chi connectivity index (χ1) is 17.0. The third kappa shape index (κ3) is 5.68. The van der Waals surface area contributed by atoms with E-state index in [1.165, 1.54) is 11.8 Å². The van der Waals surface area contributed by atoms with Gasteiger partial charge in [-0.15, -0.1) is 0 Å². The van der Waals surface area contributed by atoms with Crippen LogP contribution in [-0.2, 0) is 4.79 Å². The van der Waals surface area contributed by atoms with Gasteiger partial charge >= 0.3 is 0 Å². The van der Waals surface area contributed by atoms with Gasteiger partial charge in [-0.3, -0.25) is 9.78 Å². The number of aryl methyl sites for hydroxylation is 1. The molecule has 0 bridgehead atoms. The van der Waals surface area contributed by atoms with Crippen LogP contribution in [0, 0.1) is 18.3 Å². The first-order valence-electron chi connectivity index (χ1n) is 11.0. The number of benzene rings is 2. The standard InChI is InChI=1S/C28H24N4O2S/c1-18-4-6-20(7-5-18)24-16-26(21-8-10-23(34-3)11-9-21)32-28(25(24)17-29)35-19(2)27(33)31-22-12-14-30-15-13-22/h4-16,19H,1-3H3,(H,30,31,33). The molecular formula is C28H24N4O2S. The number of nitrogens with zero attached hydrogens (tertiary/aromatic N) is 3. The van der Waals surface area contributed by atoms with Gasteiger partial charge in [-0.1, -0.05) is 41.6 Å².